The highest BCUT2D eigenvalue weighted by Crippen LogP contribution is 1.94. The molecule has 15 heavy (non-hydrogen) atoms. The topological polar surface area (TPSA) is 59.1 Å². The fraction of sp³-hybridized carbons (Fsp3) is 0.500. The molecule has 0 spiro atoms. The van der Waals surface area contributed by atoms with Crippen molar-refractivity contribution in [3.8, 4) is 0 Å². The predicted molar refractivity (Wildman–Crippen MR) is 60.3 cm³/mol. The molecule has 4 nitrogen and oxygen atoms in total. The van der Waals surface area contributed by atoms with Gasteiger partial charge in [-0.05, 0) is 11.6 Å². The second kappa shape index (κ2) is 5.82. The minimum atomic E-state index is -2.85. The monoisotopic (exact) mass is 228 g/mol. The number of pyridine rings is 1. The highest BCUT2D eigenvalue weighted by molar-refractivity contribution is 7.91. The van der Waals surface area contributed by atoms with Gasteiger partial charge in [0.15, 0.2) is 9.84 Å². The van der Waals surface area contributed by atoms with Crippen LogP contribution >= 0.6 is 0 Å². The van der Waals surface area contributed by atoms with Gasteiger partial charge in [-0.1, -0.05) is 13.0 Å². The fourth-order valence-corrected chi connectivity index (χ4v) is 1.85. The minimum absolute atomic E-state index is 0.198. The SMILES string of the molecule is CCS(=O)(=O)CCNCc1cccnc1. The van der Waals surface area contributed by atoms with E-state index in [1.54, 1.807) is 19.3 Å². The van der Waals surface area contributed by atoms with E-state index in [0.717, 1.165) is 5.56 Å². The average Bonchev–Trinajstić information content (AvgIpc) is 2.26. The van der Waals surface area contributed by atoms with E-state index in [2.05, 4.69) is 10.3 Å². The minimum Gasteiger partial charge on any atom is -0.312 e. The van der Waals surface area contributed by atoms with E-state index in [1.807, 2.05) is 12.1 Å². The molecule has 0 aliphatic carbocycles. The molecule has 1 N–H and O–H groups in total. The van der Waals surface area contributed by atoms with Gasteiger partial charge >= 0.3 is 0 Å². The normalized spacial score (nSPS) is 11.5. The van der Waals surface area contributed by atoms with Crippen LogP contribution in [-0.4, -0.2) is 31.5 Å². The molecule has 0 aliphatic rings. The Morgan fingerprint density at radius 3 is 2.87 bits per heavy atom. The summed E-state index contributed by atoms with van der Waals surface area (Å²) >= 11 is 0. The molecule has 1 aromatic rings. The molecule has 1 heterocycles. The maximum Gasteiger partial charge on any atom is 0.151 e. The average molecular weight is 228 g/mol. The van der Waals surface area contributed by atoms with Crippen LogP contribution in [0, 0.1) is 0 Å². The van der Waals surface area contributed by atoms with Gasteiger partial charge in [-0.2, -0.15) is 0 Å². The molecule has 1 aromatic heterocycles. The van der Waals surface area contributed by atoms with Gasteiger partial charge in [0.1, 0.15) is 0 Å². The van der Waals surface area contributed by atoms with Crippen LogP contribution in [0.5, 0.6) is 0 Å². The third-order valence-corrected chi connectivity index (χ3v) is 3.79. The standard InChI is InChI=1S/C10H16N2O2S/c1-2-15(13,14)7-6-12-9-10-4-3-5-11-8-10/h3-5,8,12H,2,6-7,9H2,1H3. The molecule has 0 bridgehead atoms. The van der Waals surface area contributed by atoms with Crippen LogP contribution in [0.25, 0.3) is 0 Å². The van der Waals surface area contributed by atoms with Crippen LogP contribution in [0.2, 0.25) is 0 Å². The molecule has 0 atom stereocenters. The molecule has 0 saturated heterocycles. The molecule has 1 rings (SSSR count). The van der Waals surface area contributed by atoms with Gasteiger partial charge in [-0.15, -0.1) is 0 Å². The Morgan fingerprint density at radius 1 is 1.47 bits per heavy atom. The van der Waals surface area contributed by atoms with E-state index in [-0.39, 0.29) is 11.5 Å². The number of hydrogen-bond acceptors (Lipinski definition) is 4. The number of sulfone groups is 1. The van der Waals surface area contributed by atoms with Crippen molar-refractivity contribution in [3.05, 3.63) is 30.1 Å². The van der Waals surface area contributed by atoms with Crippen LogP contribution in [0.15, 0.2) is 24.5 Å². The van der Waals surface area contributed by atoms with Crippen molar-refractivity contribution in [1.82, 2.24) is 10.3 Å². The number of hydrogen-bond donors (Lipinski definition) is 1. The first kappa shape index (κ1) is 12.1. The van der Waals surface area contributed by atoms with Crippen molar-refractivity contribution in [3.63, 3.8) is 0 Å². The zero-order valence-corrected chi connectivity index (χ0v) is 9.63. The zero-order valence-electron chi connectivity index (χ0n) is 8.81. The smallest absolute Gasteiger partial charge is 0.151 e. The Bertz CT molecular complexity index is 376. The molecule has 5 heteroatoms. The van der Waals surface area contributed by atoms with Gasteiger partial charge in [-0.3, -0.25) is 4.98 Å². The first-order valence-corrected chi connectivity index (χ1v) is 6.76. The van der Waals surface area contributed by atoms with Crippen molar-refractivity contribution in [2.45, 2.75) is 13.5 Å². The maximum atomic E-state index is 11.2. The summed E-state index contributed by atoms with van der Waals surface area (Å²) in [5, 5.41) is 3.07. The lowest BCUT2D eigenvalue weighted by atomic mass is 10.3. The van der Waals surface area contributed by atoms with Gasteiger partial charge in [0.05, 0.1) is 5.75 Å². The molecular formula is C10H16N2O2S. The van der Waals surface area contributed by atoms with Gasteiger partial charge in [0.25, 0.3) is 0 Å². The van der Waals surface area contributed by atoms with Crippen molar-refractivity contribution in [2.24, 2.45) is 0 Å². The molecule has 0 fully saturated rings. The molecule has 0 aromatic carbocycles. The molecule has 0 unspecified atom stereocenters. The van der Waals surface area contributed by atoms with Crippen LogP contribution < -0.4 is 5.32 Å². The van der Waals surface area contributed by atoms with E-state index in [0.29, 0.717) is 13.1 Å². The van der Waals surface area contributed by atoms with E-state index in [9.17, 15) is 8.42 Å². The Labute approximate surface area is 90.7 Å². The van der Waals surface area contributed by atoms with Crippen molar-refractivity contribution in [1.29, 1.82) is 0 Å². The van der Waals surface area contributed by atoms with Crippen molar-refractivity contribution >= 4 is 9.84 Å². The first-order valence-electron chi connectivity index (χ1n) is 4.94. The molecular weight excluding hydrogens is 212 g/mol. The molecule has 84 valence electrons. The summed E-state index contributed by atoms with van der Waals surface area (Å²) < 4.78 is 22.3. The van der Waals surface area contributed by atoms with Crippen LogP contribution in [-0.2, 0) is 16.4 Å². The number of aromatic nitrogens is 1. The van der Waals surface area contributed by atoms with E-state index in [4.69, 9.17) is 0 Å². The van der Waals surface area contributed by atoms with Crippen LogP contribution in [0.3, 0.4) is 0 Å². The first-order chi connectivity index (χ1) is 7.14. The summed E-state index contributed by atoms with van der Waals surface area (Å²) in [7, 11) is -2.85. The van der Waals surface area contributed by atoms with Gasteiger partial charge in [0, 0.05) is 31.2 Å². The van der Waals surface area contributed by atoms with Gasteiger partial charge in [-0.25, -0.2) is 8.42 Å². The Morgan fingerprint density at radius 2 is 2.27 bits per heavy atom. The van der Waals surface area contributed by atoms with Crippen LogP contribution in [0.1, 0.15) is 12.5 Å². The third kappa shape index (κ3) is 4.90. The molecule has 0 amide bonds. The Balaban J connectivity index is 2.24. The third-order valence-electron chi connectivity index (χ3n) is 2.08. The second-order valence-corrected chi connectivity index (χ2v) is 5.75. The van der Waals surface area contributed by atoms with Crippen molar-refractivity contribution in [2.75, 3.05) is 18.1 Å². The summed E-state index contributed by atoms with van der Waals surface area (Å²) in [6.07, 6.45) is 3.48. The fourth-order valence-electron chi connectivity index (χ4n) is 1.11. The lowest BCUT2D eigenvalue weighted by Gasteiger charge is -2.04. The number of rotatable bonds is 6. The van der Waals surface area contributed by atoms with Gasteiger partial charge < -0.3 is 5.32 Å². The molecule has 0 saturated carbocycles. The Kier molecular flexibility index (Phi) is 4.71. The Hall–Kier alpha value is -0.940. The lowest BCUT2D eigenvalue weighted by Crippen LogP contribution is -2.23. The predicted octanol–water partition coefficient (Wildman–Crippen LogP) is 0.606. The highest BCUT2D eigenvalue weighted by Gasteiger charge is 2.05. The zero-order chi connectivity index (χ0) is 11.1. The van der Waals surface area contributed by atoms with Gasteiger partial charge in [0.2, 0.25) is 0 Å². The maximum absolute atomic E-state index is 11.2. The quantitative estimate of drug-likeness (QED) is 0.725. The van der Waals surface area contributed by atoms with E-state index < -0.39 is 9.84 Å². The largest absolute Gasteiger partial charge is 0.312 e. The van der Waals surface area contributed by atoms with Crippen LogP contribution in [0.4, 0.5) is 0 Å². The molecule has 0 aliphatic heterocycles. The number of nitrogens with one attached hydrogen (secondary N) is 1. The van der Waals surface area contributed by atoms with E-state index >= 15 is 0 Å². The lowest BCUT2D eigenvalue weighted by molar-refractivity contribution is 0.592. The summed E-state index contributed by atoms with van der Waals surface area (Å²) in [4.78, 5) is 3.97. The highest BCUT2D eigenvalue weighted by atomic mass is 32.2. The summed E-state index contributed by atoms with van der Waals surface area (Å²) in [6.45, 7) is 2.81. The van der Waals surface area contributed by atoms with Crippen molar-refractivity contribution < 1.29 is 8.42 Å². The summed E-state index contributed by atoms with van der Waals surface area (Å²) in [5.41, 5.74) is 1.06. The summed E-state index contributed by atoms with van der Waals surface area (Å²) in [5.74, 6) is 0.408. The summed E-state index contributed by atoms with van der Waals surface area (Å²) in [6, 6.07) is 3.81. The van der Waals surface area contributed by atoms with E-state index in [1.165, 1.54) is 0 Å². The number of nitrogens with zero attached hydrogens (tertiary/aromatic N) is 1. The second-order valence-electron chi connectivity index (χ2n) is 3.27. The molecule has 0 radical (unpaired) electrons.